The first kappa shape index (κ1) is 11.1. The Morgan fingerprint density at radius 2 is 2.21 bits per heavy atom. The van der Waals surface area contributed by atoms with Gasteiger partial charge in [-0.25, -0.2) is 0 Å². The van der Waals surface area contributed by atoms with Gasteiger partial charge in [0.1, 0.15) is 0 Å². The topological polar surface area (TPSA) is 29.1 Å². The first-order valence-electron chi connectivity index (χ1n) is 4.69. The van der Waals surface area contributed by atoms with Gasteiger partial charge in [0.2, 0.25) is 5.91 Å². The van der Waals surface area contributed by atoms with Crippen molar-refractivity contribution >= 4 is 23.2 Å². The first-order valence-corrected chi connectivity index (χ1v) is 5.07. The molecule has 2 nitrogen and oxygen atoms in total. The molecule has 0 bridgehead atoms. The SMILES string of the molecule is CCCC(=O)Nc1ccc(C)c(Cl)c1. The smallest absolute Gasteiger partial charge is 0.224 e. The normalized spacial score (nSPS) is 9.93. The summed E-state index contributed by atoms with van der Waals surface area (Å²) < 4.78 is 0. The highest BCUT2D eigenvalue weighted by molar-refractivity contribution is 6.31. The molecule has 0 saturated carbocycles. The van der Waals surface area contributed by atoms with Gasteiger partial charge in [0, 0.05) is 17.1 Å². The number of anilines is 1. The monoisotopic (exact) mass is 211 g/mol. The fourth-order valence-electron chi connectivity index (χ4n) is 1.12. The maximum absolute atomic E-state index is 11.3. The fourth-order valence-corrected chi connectivity index (χ4v) is 1.30. The number of halogens is 1. The average Bonchev–Trinajstić information content (AvgIpc) is 2.12. The highest BCUT2D eigenvalue weighted by atomic mass is 35.5. The molecular weight excluding hydrogens is 198 g/mol. The van der Waals surface area contributed by atoms with Gasteiger partial charge in [-0.2, -0.15) is 0 Å². The number of hydrogen-bond donors (Lipinski definition) is 1. The minimum absolute atomic E-state index is 0.0346. The average molecular weight is 212 g/mol. The van der Waals surface area contributed by atoms with Crippen LogP contribution in [0.1, 0.15) is 25.3 Å². The third-order valence-electron chi connectivity index (χ3n) is 1.93. The van der Waals surface area contributed by atoms with E-state index in [2.05, 4.69) is 5.32 Å². The number of carbonyl (C=O) groups is 1. The molecule has 1 rings (SSSR count). The van der Waals surface area contributed by atoms with E-state index in [1.54, 1.807) is 6.07 Å². The second kappa shape index (κ2) is 5.01. The molecule has 76 valence electrons. The number of nitrogens with one attached hydrogen (secondary N) is 1. The van der Waals surface area contributed by atoms with E-state index in [9.17, 15) is 4.79 Å². The van der Waals surface area contributed by atoms with E-state index < -0.39 is 0 Å². The molecule has 0 heterocycles. The van der Waals surface area contributed by atoms with Gasteiger partial charge in [0.05, 0.1) is 0 Å². The Kier molecular flexibility index (Phi) is 3.96. The molecule has 1 amide bonds. The van der Waals surface area contributed by atoms with E-state index in [1.165, 1.54) is 0 Å². The van der Waals surface area contributed by atoms with Crippen LogP contribution >= 0.6 is 11.6 Å². The summed E-state index contributed by atoms with van der Waals surface area (Å²) in [6.07, 6.45) is 1.40. The molecule has 14 heavy (non-hydrogen) atoms. The second-order valence-electron chi connectivity index (χ2n) is 3.26. The van der Waals surface area contributed by atoms with Crippen molar-refractivity contribution in [2.24, 2.45) is 0 Å². The molecular formula is C11H14ClNO. The second-order valence-corrected chi connectivity index (χ2v) is 3.67. The van der Waals surface area contributed by atoms with Crippen LogP contribution in [-0.2, 0) is 4.79 Å². The Morgan fingerprint density at radius 1 is 1.50 bits per heavy atom. The summed E-state index contributed by atoms with van der Waals surface area (Å²) >= 11 is 5.92. The molecule has 0 atom stereocenters. The van der Waals surface area contributed by atoms with Crippen molar-refractivity contribution in [3.05, 3.63) is 28.8 Å². The van der Waals surface area contributed by atoms with Crippen molar-refractivity contribution in [2.45, 2.75) is 26.7 Å². The maximum Gasteiger partial charge on any atom is 0.224 e. The zero-order chi connectivity index (χ0) is 10.6. The predicted molar refractivity (Wildman–Crippen MR) is 59.7 cm³/mol. The molecule has 0 aliphatic heterocycles. The van der Waals surface area contributed by atoms with Crippen molar-refractivity contribution in [2.75, 3.05) is 5.32 Å². The van der Waals surface area contributed by atoms with E-state index in [4.69, 9.17) is 11.6 Å². The molecule has 0 fully saturated rings. The van der Waals surface area contributed by atoms with Crippen LogP contribution in [0, 0.1) is 6.92 Å². The number of benzene rings is 1. The van der Waals surface area contributed by atoms with E-state index >= 15 is 0 Å². The molecule has 0 saturated heterocycles. The van der Waals surface area contributed by atoms with Crippen LogP contribution in [0.4, 0.5) is 5.69 Å². The molecule has 1 N–H and O–H groups in total. The molecule has 0 unspecified atom stereocenters. The molecule has 1 aromatic carbocycles. The zero-order valence-electron chi connectivity index (χ0n) is 8.43. The van der Waals surface area contributed by atoms with Gasteiger partial charge < -0.3 is 5.32 Å². The minimum atomic E-state index is 0.0346. The number of aryl methyl sites for hydroxylation is 1. The Morgan fingerprint density at radius 3 is 2.79 bits per heavy atom. The summed E-state index contributed by atoms with van der Waals surface area (Å²) in [5, 5.41) is 3.47. The van der Waals surface area contributed by atoms with Crippen molar-refractivity contribution in [1.82, 2.24) is 0 Å². The number of rotatable bonds is 3. The number of carbonyl (C=O) groups excluding carboxylic acids is 1. The molecule has 0 spiro atoms. The maximum atomic E-state index is 11.3. The lowest BCUT2D eigenvalue weighted by molar-refractivity contribution is -0.116. The van der Waals surface area contributed by atoms with Crippen LogP contribution in [-0.4, -0.2) is 5.91 Å². The minimum Gasteiger partial charge on any atom is -0.326 e. The van der Waals surface area contributed by atoms with Gasteiger partial charge in [-0.1, -0.05) is 24.6 Å². The largest absolute Gasteiger partial charge is 0.326 e. The summed E-state index contributed by atoms with van der Waals surface area (Å²) in [6.45, 7) is 3.90. The lowest BCUT2D eigenvalue weighted by Gasteiger charge is -2.05. The van der Waals surface area contributed by atoms with Gasteiger partial charge in [0.25, 0.3) is 0 Å². The van der Waals surface area contributed by atoms with E-state index in [0.29, 0.717) is 11.4 Å². The van der Waals surface area contributed by atoms with Crippen LogP contribution < -0.4 is 5.32 Å². The molecule has 1 aromatic rings. The lowest BCUT2D eigenvalue weighted by Crippen LogP contribution is -2.10. The number of amides is 1. The van der Waals surface area contributed by atoms with Crippen molar-refractivity contribution in [3.63, 3.8) is 0 Å². The molecule has 3 heteroatoms. The Bertz CT molecular complexity index is 336. The van der Waals surface area contributed by atoms with Crippen LogP contribution in [0.25, 0.3) is 0 Å². The summed E-state index contributed by atoms with van der Waals surface area (Å²) in [7, 11) is 0. The van der Waals surface area contributed by atoms with Gasteiger partial charge >= 0.3 is 0 Å². The summed E-state index contributed by atoms with van der Waals surface area (Å²) in [4.78, 5) is 11.3. The Labute approximate surface area is 89.3 Å². The quantitative estimate of drug-likeness (QED) is 0.816. The zero-order valence-corrected chi connectivity index (χ0v) is 9.19. The van der Waals surface area contributed by atoms with Gasteiger partial charge in [-0.3, -0.25) is 4.79 Å². The van der Waals surface area contributed by atoms with Crippen LogP contribution in [0.3, 0.4) is 0 Å². The van der Waals surface area contributed by atoms with Gasteiger partial charge in [-0.15, -0.1) is 0 Å². The van der Waals surface area contributed by atoms with Crippen molar-refractivity contribution in [3.8, 4) is 0 Å². The molecule has 0 radical (unpaired) electrons. The Balaban J connectivity index is 2.68. The highest BCUT2D eigenvalue weighted by Crippen LogP contribution is 2.19. The van der Waals surface area contributed by atoms with Crippen LogP contribution in [0.5, 0.6) is 0 Å². The van der Waals surface area contributed by atoms with Crippen LogP contribution in [0.15, 0.2) is 18.2 Å². The lowest BCUT2D eigenvalue weighted by atomic mass is 10.2. The Hall–Kier alpha value is -1.02. The fraction of sp³-hybridized carbons (Fsp3) is 0.364. The molecule has 0 aromatic heterocycles. The van der Waals surface area contributed by atoms with Crippen molar-refractivity contribution < 1.29 is 4.79 Å². The number of hydrogen-bond acceptors (Lipinski definition) is 1. The highest BCUT2D eigenvalue weighted by Gasteiger charge is 2.02. The third-order valence-corrected chi connectivity index (χ3v) is 2.34. The predicted octanol–water partition coefficient (Wildman–Crippen LogP) is 3.39. The van der Waals surface area contributed by atoms with Crippen LogP contribution in [0.2, 0.25) is 5.02 Å². The standard InChI is InChI=1S/C11H14ClNO/c1-3-4-11(14)13-9-6-5-8(2)10(12)7-9/h5-7H,3-4H2,1-2H3,(H,13,14). The summed E-state index contributed by atoms with van der Waals surface area (Å²) in [5.74, 6) is 0.0346. The van der Waals surface area contributed by atoms with Gasteiger partial charge in [-0.05, 0) is 31.0 Å². The van der Waals surface area contributed by atoms with Crippen molar-refractivity contribution in [1.29, 1.82) is 0 Å². The van der Waals surface area contributed by atoms with Gasteiger partial charge in [0.15, 0.2) is 0 Å². The molecule has 0 aliphatic carbocycles. The van der Waals surface area contributed by atoms with E-state index in [0.717, 1.165) is 17.7 Å². The van der Waals surface area contributed by atoms with E-state index in [-0.39, 0.29) is 5.91 Å². The summed E-state index contributed by atoms with van der Waals surface area (Å²) in [5.41, 5.74) is 1.78. The third kappa shape index (κ3) is 3.04. The van der Waals surface area contributed by atoms with E-state index in [1.807, 2.05) is 26.0 Å². The first-order chi connectivity index (χ1) is 6.63. The molecule has 0 aliphatic rings. The summed E-state index contributed by atoms with van der Waals surface area (Å²) in [6, 6.07) is 5.52.